The molecule has 2 amide bonds. The Labute approximate surface area is 258 Å². The molecule has 0 bridgehead atoms. The third-order valence-electron chi connectivity index (χ3n) is 6.13. The summed E-state index contributed by atoms with van der Waals surface area (Å²) in [5.74, 6) is -88.0. The zero-order valence-corrected chi connectivity index (χ0v) is 22.8. The normalized spacial score (nSPS) is 15.7. The van der Waals surface area contributed by atoms with Crippen LogP contribution < -0.4 is 10.6 Å². The summed E-state index contributed by atoms with van der Waals surface area (Å²) in [4.78, 5) is 33.9. The number of hydrogen-bond acceptors (Lipinski definition) is 3. The molecule has 0 heterocycles. The van der Waals surface area contributed by atoms with Crippen molar-refractivity contribution in [3.8, 4) is 0 Å². The number of unbranched alkanes of at least 4 members (excludes halogenated alkanes) is 1. The number of hydrogen-bond donors (Lipinski definition) is 3. The van der Waals surface area contributed by atoms with E-state index in [0.717, 1.165) is 0 Å². The zero-order valence-electron chi connectivity index (χ0n) is 22.8. The van der Waals surface area contributed by atoms with Crippen LogP contribution in [0.1, 0.15) is 19.3 Å². The smallest absolute Gasteiger partial charge is 0.392 e. The fourth-order valence-corrected chi connectivity index (χ4v) is 3.06. The van der Waals surface area contributed by atoms with Crippen LogP contribution >= 0.6 is 0 Å². The molecule has 0 radical (unpaired) electrons. The van der Waals surface area contributed by atoms with Crippen LogP contribution in [0.25, 0.3) is 0 Å². The average molecular weight is 802 g/mol. The highest BCUT2D eigenvalue weighted by Crippen LogP contribution is 2.59. The van der Waals surface area contributed by atoms with Gasteiger partial charge in [-0.3, -0.25) is 9.59 Å². The summed E-state index contributed by atoms with van der Waals surface area (Å²) in [6.45, 7) is -1.65. The number of carboxylic acids is 1. The quantitative estimate of drug-likeness (QED) is 0.0999. The summed E-state index contributed by atoms with van der Waals surface area (Å²) in [6, 6.07) is -3.10. The zero-order chi connectivity index (χ0) is 40.7. The summed E-state index contributed by atoms with van der Waals surface area (Å²) < 4.78 is 316. The summed E-state index contributed by atoms with van der Waals surface area (Å²) >= 11 is 0. The Hall–Kier alpha value is -3.27. The lowest BCUT2D eigenvalue weighted by Crippen LogP contribution is -2.71. The van der Waals surface area contributed by atoms with Gasteiger partial charge in [-0.1, -0.05) is 0 Å². The van der Waals surface area contributed by atoms with Crippen LogP contribution in [-0.4, -0.2) is 108 Å². The SMILES string of the molecule is O=C(O)[C@@H](CCCCNC(=O)C(F)(F)C(F)(F)C(F)(F)C(F)(F)C(F)(F)C(F)F)NC(=O)C(F)(F)C(F)(F)C(F)(F)C(F)(F)C(F)(F)C(F)F. The van der Waals surface area contributed by atoms with Gasteiger partial charge in [-0.2, -0.15) is 87.8 Å². The Morgan fingerprint density at radius 2 is 0.800 bits per heavy atom. The summed E-state index contributed by atoms with van der Waals surface area (Å²) in [5.41, 5.74) is 0. The van der Waals surface area contributed by atoms with Crippen molar-refractivity contribution in [2.75, 3.05) is 6.54 Å². The molecule has 0 unspecified atom stereocenters. The number of halogens is 24. The van der Waals surface area contributed by atoms with Gasteiger partial charge in [0.05, 0.1) is 0 Å². The minimum absolute atomic E-state index is 0.285. The lowest BCUT2D eigenvalue weighted by Gasteiger charge is -2.38. The molecular formula is C20H14F24N2O4. The third kappa shape index (κ3) is 7.24. The minimum Gasteiger partial charge on any atom is -0.480 e. The number of carboxylic acid groups (broad SMARTS) is 1. The van der Waals surface area contributed by atoms with E-state index >= 15 is 0 Å². The molecule has 296 valence electrons. The molecule has 0 aliphatic carbocycles. The number of aliphatic carboxylic acids is 1. The highest BCUT2D eigenvalue weighted by Gasteiger charge is 2.90. The fraction of sp³-hybridized carbons (Fsp3) is 0.850. The van der Waals surface area contributed by atoms with E-state index in [-0.39, 0.29) is 5.32 Å². The van der Waals surface area contributed by atoms with Gasteiger partial charge in [0.2, 0.25) is 0 Å². The topological polar surface area (TPSA) is 95.5 Å². The largest absolute Gasteiger partial charge is 0.480 e. The van der Waals surface area contributed by atoms with E-state index < -0.39 is 122 Å². The molecule has 0 aliphatic heterocycles. The Bertz CT molecular complexity index is 1240. The van der Waals surface area contributed by atoms with Crippen molar-refractivity contribution in [3.63, 3.8) is 0 Å². The van der Waals surface area contributed by atoms with Crippen LogP contribution in [0.15, 0.2) is 0 Å². The molecule has 3 N–H and O–H groups in total. The van der Waals surface area contributed by atoms with E-state index in [1.165, 1.54) is 0 Å². The first kappa shape index (κ1) is 46.7. The van der Waals surface area contributed by atoms with Crippen LogP contribution in [-0.2, 0) is 14.4 Å². The van der Waals surface area contributed by atoms with E-state index in [2.05, 4.69) is 0 Å². The number of amides is 2. The highest BCUT2D eigenvalue weighted by molar-refractivity contribution is 5.89. The maximum absolute atomic E-state index is 13.9. The van der Waals surface area contributed by atoms with Gasteiger partial charge in [0.1, 0.15) is 6.04 Å². The number of nitrogens with one attached hydrogen (secondary N) is 2. The lowest BCUT2D eigenvalue weighted by molar-refractivity contribution is -0.407. The van der Waals surface area contributed by atoms with Crippen molar-refractivity contribution in [1.82, 2.24) is 10.6 Å². The van der Waals surface area contributed by atoms with Crippen LogP contribution in [0, 0.1) is 0 Å². The predicted octanol–water partition coefficient (Wildman–Crippen LogP) is 6.73. The number of alkyl halides is 24. The molecular weight excluding hydrogens is 788 g/mol. The second-order valence-electron chi connectivity index (χ2n) is 9.56. The maximum atomic E-state index is 13.9. The van der Waals surface area contributed by atoms with Gasteiger partial charge in [0.25, 0.3) is 11.8 Å². The van der Waals surface area contributed by atoms with E-state index in [4.69, 9.17) is 5.11 Å². The number of rotatable bonds is 19. The molecule has 0 aliphatic rings. The van der Waals surface area contributed by atoms with Crippen molar-refractivity contribution < 1.29 is 125 Å². The van der Waals surface area contributed by atoms with Crippen molar-refractivity contribution >= 4 is 17.8 Å². The van der Waals surface area contributed by atoms with Crippen LogP contribution in [0.5, 0.6) is 0 Å². The number of carbonyl (C=O) groups is 3. The molecule has 0 saturated carbocycles. The second-order valence-corrected chi connectivity index (χ2v) is 9.56. The average Bonchev–Trinajstić information content (AvgIpc) is 2.94. The van der Waals surface area contributed by atoms with Crippen LogP contribution in [0.4, 0.5) is 105 Å². The Morgan fingerprint density at radius 1 is 0.480 bits per heavy atom. The molecule has 0 aromatic heterocycles. The Morgan fingerprint density at radius 3 is 1.10 bits per heavy atom. The molecule has 0 aromatic carbocycles. The Balaban J connectivity index is 5.79. The first-order valence-electron chi connectivity index (χ1n) is 11.9. The predicted molar refractivity (Wildman–Crippen MR) is 108 cm³/mol. The highest BCUT2D eigenvalue weighted by atomic mass is 19.4. The summed E-state index contributed by atoms with van der Waals surface area (Å²) in [5, 5.41) is 9.67. The summed E-state index contributed by atoms with van der Waals surface area (Å²) in [7, 11) is 0. The molecule has 6 nitrogen and oxygen atoms in total. The van der Waals surface area contributed by atoms with Gasteiger partial charge >= 0.3 is 78.0 Å². The number of carbonyl (C=O) groups excluding carboxylic acids is 2. The van der Waals surface area contributed by atoms with Gasteiger partial charge in [-0.15, -0.1) is 0 Å². The van der Waals surface area contributed by atoms with Crippen LogP contribution in [0.3, 0.4) is 0 Å². The first-order valence-corrected chi connectivity index (χ1v) is 11.9. The van der Waals surface area contributed by atoms with Crippen molar-refractivity contribution in [2.45, 2.75) is 97.4 Å². The van der Waals surface area contributed by atoms with Gasteiger partial charge in [0, 0.05) is 6.54 Å². The first-order chi connectivity index (χ1) is 21.7. The molecule has 50 heavy (non-hydrogen) atoms. The van der Waals surface area contributed by atoms with Crippen molar-refractivity contribution in [1.29, 1.82) is 0 Å². The van der Waals surface area contributed by atoms with E-state index in [1.807, 2.05) is 0 Å². The van der Waals surface area contributed by atoms with Gasteiger partial charge in [0.15, 0.2) is 0 Å². The molecule has 0 fully saturated rings. The molecule has 0 rings (SSSR count). The Kier molecular flexibility index (Phi) is 13.1. The van der Waals surface area contributed by atoms with E-state index in [0.29, 0.717) is 5.32 Å². The van der Waals surface area contributed by atoms with Crippen LogP contribution in [0.2, 0.25) is 0 Å². The molecule has 0 saturated heterocycles. The van der Waals surface area contributed by atoms with Crippen molar-refractivity contribution in [3.05, 3.63) is 0 Å². The fourth-order valence-electron chi connectivity index (χ4n) is 3.06. The molecule has 0 spiro atoms. The van der Waals surface area contributed by atoms with Crippen molar-refractivity contribution in [2.24, 2.45) is 0 Å². The minimum atomic E-state index is -8.21. The van der Waals surface area contributed by atoms with Gasteiger partial charge < -0.3 is 15.7 Å². The second kappa shape index (κ2) is 14.0. The standard InChI is InChI=1S/C20H14F24N2O4/c21-7(22)11(25,26)15(33,34)19(41,42)17(37,38)13(29,30)9(49)45-4-2-1-3-5(6(47)48)46-10(50)14(31,32)18(39,40)20(43,44)16(35,36)12(27,28)8(23)24/h5,7-8H,1-4H2,(H,45,49)(H,46,50)(H,47,48)/t5-/m1/s1. The summed E-state index contributed by atoms with van der Waals surface area (Å²) in [6.07, 6.45) is -15.7. The van der Waals surface area contributed by atoms with E-state index in [1.54, 1.807) is 0 Å². The monoisotopic (exact) mass is 802 g/mol. The maximum Gasteiger partial charge on any atom is 0.392 e. The van der Waals surface area contributed by atoms with Gasteiger partial charge in [-0.05, 0) is 19.3 Å². The molecule has 0 aromatic rings. The lowest BCUT2D eigenvalue weighted by atomic mass is 9.93. The van der Waals surface area contributed by atoms with E-state index in [9.17, 15) is 120 Å². The van der Waals surface area contributed by atoms with Gasteiger partial charge in [-0.25, -0.2) is 22.4 Å². The molecule has 1 atom stereocenters. The third-order valence-corrected chi connectivity index (χ3v) is 6.13. The molecule has 30 heteroatoms.